The molecule has 4 N–H and O–H groups in total. The molecular weight excluding hydrogens is 520 g/mol. The topological polar surface area (TPSA) is 122 Å². The monoisotopic (exact) mass is 558 g/mol. The Hall–Kier alpha value is -4.41. The largest absolute Gasteiger partial charge is 0.496 e. The van der Waals surface area contributed by atoms with E-state index in [0.717, 1.165) is 28.9 Å². The zero-order chi connectivity index (χ0) is 29.7. The molecule has 10 nitrogen and oxygen atoms in total. The van der Waals surface area contributed by atoms with Crippen molar-refractivity contribution in [2.75, 3.05) is 39.6 Å². The number of nitrogens with one attached hydrogen (secondary N) is 3. The molecule has 10 heteroatoms. The number of aliphatic imine (C=N–C) groups is 1. The normalized spacial score (nSPS) is 15.7. The number of para-hydroxylation sites is 1. The molecule has 1 aliphatic heterocycles. The summed E-state index contributed by atoms with van der Waals surface area (Å²) in [6, 6.07) is 12.8. The zero-order valence-corrected chi connectivity index (χ0v) is 24.2. The summed E-state index contributed by atoms with van der Waals surface area (Å²) in [6.07, 6.45) is 3.64. The Kier molecular flexibility index (Phi) is 9.26. The SMILES string of the molecule is C=C(/C=N\c1[nH]cc(-c2ccccc2OC)c1C)c1ccc(NC(=O)N2CCC(NC(C)O)C2)c(C(=O)N(C)C)c1. The molecule has 1 fully saturated rings. The third kappa shape index (κ3) is 6.85. The third-order valence-electron chi connectivity index (χ3n) is 7.08. The summed E-state index contributed by atoms with van der Waals surface area (Å²) in [7, 11) is 4.97. The predicted molar refractivity (Wildman–Crippen MR) is 163 cm³/mol. The molecule has 0 spiro atoms. The predicted octanol–water partition coefficient (Wildman–Crippen LogP) is 4.65. The molecule has 216 valence electrons. The number of allylic oxidation sites excluding steroid dienone is 1. The number of aliphatic hydroxyl groups is 1. The van der Waals surface area contributed by atoms with Gasteiger partial charge in [0, 0.05) is 62.3 Å². The number of nitrogens with zero attached hydrogens (tertiary/aromatic N) is 3. The van der Waals surface area contributed by atoms with Crippen LogP contribution in [0.4, 0.5) is 16.3 Å². The highest BCUT2D eigenvalue weighted by atomic mass is 16.5. The molecule has 2 unspecified atom stereocenters. The van der Waals surface area contributed by atoms with E-state index < -0.39 is 6.23 Å². The van der Waals surface area contributed by atoms with Crippen molar-refractivity contribution in [1.29, 1.82) is 0 Å². The number of benzene rings is 2. The average Bonchev–Trinajstić information content (AvgIpc) is 3.57. The van der Waals surface area contributed by atoms with Crippen molar-refractivity contribution in [3.8, 4) is 16.9 Å². The highest BCUT2D eigenvalue weighted by Gasteiger charge is 2.27. The molecule has 0 bridgehead atoms. The van der Waals surface area contributed by atoms with E-state index >= 15 is 0 Å². The van der Waals surface area contributed by atoms with Crippen molar-refractivity contribution < 1.29 is 19.4 Å². The number of hydrogen-bond donors (Lipinski definition) is 4. The van der Waals surface area contributed by atoms with Crippen molar-refractivity contribution in [2.45, 2.75) is 32.5 Å². The van der Waals surface area contributed by atoms with Crippen LogP contribution in [0.15, 0.2) is 60.2 Å². The third-order valence-corrected chi connectivity index (χ3v) is 7.08. The molecule has 1 saturated heterocycles. The number of aliphatic hydroxyl groups excluding tert-OH is 1. The van der Waals surface area contributed by atoms with Gasteiger partial charge in [0.05, 0.1) is 18.4 Å². The number of H-pyrrole nitrogens is 1. The first kappa shape index (κ1) is 29.6. The number of likely N-dealkylation sites (tertiary alicyclic amines) is 1. The van der Waals surface area contributed by atoms with Crippen LogP contribution in [0.3, 0.4) is 0 Å². The fourth-order valence-electron chi connectivity index (χ4n) is 4.87. The lowest BCUT2D eigenvalue weighted by atomic mass is 10.0. The molecule has 0 radical (unpaired) electrons. The Morgan fingerprint density at radius 1 is 1.24 bits per heavy atom. The van der Waals surface area contributed by atoms with Crippen LogP contribution in [-0.2, 0) is 0 Å². The van der Waals surface area contributed by atoms with Gasteiger partial charge in [-0.05, 0) is 49.6 Å². The van der Waals surface area contributed by atoms with Crippen LogP contribution >= 0.6 is 0 Å². The molecule has 2 atom stereocenters. The molecule has 3 aromatic rings. The molecule has 0 saturated carbocycles. The van der Waals surface area contributed by atoms with Gasteiger partial charge in [-0.2, -0.15) is 0 Å². The number of aromatic amines is 1. The van der Waals surface area contributed by atoms with Crippen LogP contribution in [0.2, 0.25) is 0 Å². The zero-order valence-electron chi connectivity index (χ0n) is 24.2. The van der Waals surface area contributed by atoms with Crippen LogP contribution < -0.4 is 15.4 Å². The summed E-state index contributed by atoms with van der Waals surface area (Å²) in [5.41, 5.74) is 5.00. The number of urea groups is 1. The second-order valence-electron chi connectivity index (χ2n) is 10.3. The van der Waals surface area contributed by atoms with E-state index in [1.165, 1.54) is 4.90 Å². The summed E-state index contributed by atoms with van der Waals surface area (Å²) < 4.78 is 5.51. The fourth-order valence-corrected chi connectivity index (χ4v) is 4.87. The number of ether oxygens (including phenoxy) is 1. The van der Waals surface area contributed by atoms with E-state index in [4.69, 9.17) is 4.74 Å². The Bertz CT molecular complexity index is 1460. The van der Waals surface area contributed by atoms with Crippen LogP contribution in [0.5, 0.6) is 5.75 Å². The highest BCUT2D eigenvalue weighted by molar-refractivity contribution is 6.11. The van der Waals surface area contributed by atoms with Gasteiger partial charge in [-0.25, -0.2) is 9.79 Å². The number of aromatic nitrogens is 1. The fraction of sp³-hybridized carbons (Fsp3) is 0.323. The maximum atomic E-state index is 13.1. The summed E-state index contributed by atoms with van der Waals surface area (Å²) >= 11 is 0. The van der Waals surface area contributed by atoms with Crippen LogP contribution in [0.1, 0.15) is 34.8 Å². The smallest absolute Gasteiger partial charge is 0.321 e. The minimum absolute atomic E-state index is 0.0164. The molecule has 0 aliphatic carbocycles. The number of methoxy groups -OCH3 is 1. The minimum atomic E-state index is -0.646. The lowest BCUT2D eigenvalue weighted by molar-refractivity contribution is 0.0828. The van der Waals surface area contributed by atoms with E-state index in [0.29, 0.717) is 41.3 Å². The summed E-state index contributed by atoms with van der Waals surface area (Å²) in [4.78, 5) is 37.0. The number of carbonyl (C=O) groups excluding carboxylic acids is 2. The second kappa shape index (κ2) is 12.8. The van der Waals surface area contributed by atoms with Crippen LogP contribution in [-0.4, -0.2) is 84.6 Å². The Labute approximate surface area is 240 Å². The summed E-state index contributed by atoms with van der Waals surface area (Å²) in [5, 5.41) is 15.5. The van der Waals surface area contributed by atoms with Crippen molar-refractivity contribution in [1.82, 2.24) is 20.1 Å². The number of anilines is 1. The molecule has 41 heavy (non-hydrogen) atoms. The van der Waals surface area contributed by atoms with Gasteiger partial charge in [0.25, 0.3) is 5.91 Å². The molecule has 3 amide bonds. The number of amides is 3. The quantitative estimate of drug-likeness (QED) is 0.225. The maximum absolute atomic E-state index is 13.1. The van der Waals surface area contributed by atoms with Gasteiger partial charge in [-0.15, -0.1) is 0 Å². The number of hydrogen-bond acceptors (Lipinski definition) is 6. The summed E-state index contributed by atoms with van der Waals surface area (Å²) in [6.45, 7) is 8.82. The first-order valence-corrected chi connectivity index (χ1v) is 13.5. The Morgan fingerprint density at radius 3 is 2.71 bits per heavy atom. The van der Waals surface area contributed by atoms with Crippen molar-refractivity contribution in [2.24, 2.45) is 4.99 Å². The Morgan fingerprint density at radius 2 is 2.00 bits per heavy atom. The molecular formula is C31H38N6O4. The van der Waals surface area contributed by atoms with Crippen LogP contribution in [0.25, 0.3) is 16.7 Å². The van der Waals surface area contributed by atoms with E-state index in [1.807, 2.05) is 37.4 Å². The molecule has 4 rings (SSSR count). The average molecular weight is 559 g/mol. The van der Waals surface area contributed by atoms with Crippen molar-refractivity contribution in [3.05, 3.63) is 71.9 Å². The van der Waals surface area contributed by atoms with Gasteiger partial charge in [-0.1, -0.05) is 30.8 Å². The van der Waals surface area contributed by atoms with Gasteiger partial charge in [-0.3, -0.25) is 10.1 Å². The lowest BCUT2D eigenvalue weighted by Gasteiger charge is -2.21. The van der Waals surface area contributed by atoms with Gasteiger partial charge in [0.2, 0.25) is 0 Å². The molecule has 2 aromatic carbocycles. The molecule has 1 aromatic heterocycles. The summed E-state index contributed by atoms with van der Waals surface area (Å²) in [5.74, 6) is 1.22. The van der Waals surface area contributed by atoms with Gasteiger partial charge < -0.3 is 29.9 Å². The van der Waals surface area contributed by atoms with Crippen molar-refractivity contribution in [3.63, 3.8) is 0 Å². The Balaban J connectivity index is 1.53. The van der Waals surface area contributed by atoms with Gasteiger partial charge in [0.1, 0.15) is 17.8 Å². The number of rotatable bonds is 9. The van der Waals surface area contributed by atoms with Crippen molar-refractivity contribution >= 4 is 35.2 Å². The molecule has 1 aliphatic rings. The van der Waals surface area contributed by atoms with E-state index in [2.05, 4.69) is 27.2 Å². The highest BCUT2D eigenvalue weighted by Crippen LogP contribution is 2.35. The first-order valence-electron chi connectivity index (χ1n) is 13.5. The number of carbonyl (C=O) groups is 2. The molecule has 2 heterocycles. The first-order chi connectivity index (χ1) is 19.6. The van der Waals surface area contributed by atoms with Crippen LogP contribution in [0, 0.1) is 6.92 Å². The van der Waals surface area contributed by atoms with Gasteiger partial charge in [0.15, 0.2) is 0 Å². The van der Waals surface area contributed by atoms with E-state index in [-0.39, 0.29) is 18.0 Å². The minimum Gasteiger partial charge on any atom is -0.496 e. The second-order valence-corrected chi connectivity index (χ2v) is 10.3. The maximum Gasteiger partial charge on any atom is 0.321 e. The van der Waals surface area contributed by atoms with Gasteiger partial charge >= 0.3 is 6.03 Å². The van der Waals surface area contributed by atoms with E-state index in [1.54, 1.807) is 57.4 Å². The lowest BCUT2D eigenvalue weighted by Crippen LogP contribution is -2.40. The van der Waals surface area contributed by atoms with E-state index in [9.17, 15) is 14.7 Å². The standard InChI is InChI=1S/C31H38N6O4/c1-19(16-32-29-20(2)26(17-33-29)24-9-7-8-10-28(24)41-6)22-11-12-27(25(15-22)30(39)36(4)5)35-31(40)37-14-13-23(18-37)34-21(3)38/h7-12,15-17,21,23,33-34,38H,1,13-14,18H2,2-6H3,(H,35,40)/b32-16-.